The molecule has 6 heteroatoms. The summed E-state index contributed by atoms with van der Waals surface area (Å²) in [5.41, 5.74) is 1.38. The van der Waals surface area contributed by atoms with Crippen LogP contribution in [0.4, 0.5) is 17.3 Å². The standard InChI is InChI=1S/C14H13N5O/c1-10(20)11-4-3-5-12(6-11)18-13-7-14(17-9-16-13)19(2)8-15/h3-7,9H,1-2H3,(H,16,17,18). The molecule has 0 aliphatic carbocycles. The smallest absolute Gasteiger partial charge is 0.185 e. The molecule has 1 N–H and O–H groups in total. The Balaban J connectivity index is 2.24. The Morgan fingerprint density at radius 3 is 2.85 bits per heavy atom. The van der Waals surface area contributed by atoms with Crippen LogP contribution in [-0.4, -0.2) is 22.8 Å². The summed E-state index contributed by atoms with van der Waals surface area (Å²) in [6.45, 7) is 1.52. The molecule has 0 aliphatic heterocycles. The van der Waals surface area contributed by atoms with Gasteiger partial charge in [0.15, 0.2) is 12.0 Å². The Morgan fingerprint density at radius 2 is 2.15 bits per heavy atom. The van der Waals surface area contributed by atoms with E-state index >= 15 is 0 Å². The zero-order chi connectivity index (χ0) is 14.5. The second-order valence-corrected chi connectivity index (χ2v) is 4.18. The van der Waals surface area contributed by atoms with Crippen LogP contribution in [0.2, 0.25) is 0 Å². The first-order chi connectivity index (χ1) is 9.60. The van der Waals surface area contributed by atoms with Crippen molar-refractivity contribution >= 4 is 23.1 Å². The summed E-state index contributed by atoms with van der Waals surface area (Å²) < 4.78 is 0. The minimum atomic E-state index is 0.00115. The van der Waals surface area contributed by atoms with Crippen LogP contribution < -0.4 is 10.2 Å². The highest BCUT2D eigenvalue weighted by Crippen LogP contribution is 2.18. The fraction of sp³-hybridized carbons (Fsp3) is 0.143. The molecule has 2 aromatic rings. The van der Waals surface area contributed by atoms with Crippen LogP contribution in [0.25, 0.3) is 0 Å². The molecule has 0 amide bonds. The van der Waals surface area contributed by atoms with Crippen molar-refractivity contribution in [2.75, 3.05) is 17.3 Å². The van der Waals surface area contributed by atoms with Gasteiger partial charge >= 0.3 is 0 Å². The lowest BCUT2D eigenvalue weighted by Gasteiger charge is -2.10. The quantitative estimate of drug-likeness (QED) is 0.520. The number of nitrogens with one attached hydrogen (secondary N) is 1. The second kappa shape index (κ2) is 5.80. The average molecular weight is 267 g/mol. The number of carbonyl (C=O) groups excluding carboxylic acids is 1. The summed E-state index contributed by atoms with van der Waals surface area (Å²) in [5.74, 6) is 1.05. The lowest BCUT2D eigenvalue weighted by Crippen LogP contribution is -2.10. The first-order valence-electron chi connectivity index (χ1n) is 5.93. The number of hydrogen-bond acceptors (Lipinski definition) is 6. The van der Waals surface area contributed by atoms with E-state index in [1.165, 1.54) is 18.2 Å². The molecule has 6 nitrogen and oxygen atoms in total. The summed E-state index contributed by atoms with van der Waals surface area (Å²) in [4.78, 5) is 20.7. The summed E-state index contributed by atoms with van der Waals surface area (Å²) >= 11 is 0. The SMILES string of the molecule is CC(=O)c1cccc(Nc2cc(N(C)C#N)ncn2)c1. The van der Waals surface area contributed by atoms with Crippen LogP contribution in [0.3, 0.4) is 0 Å². The number of hydrogen-bond donors (Lipinski definition) is 1. The van der Waals surface area contributed by atoms with E-state index in [1.807, 2.05) is 12.3 Å². The van der Waals surface area contributed by atoms with E-state index < -0.39 is 0 Å². The minimum Gasteiger partial charge on any atom is -0.340 e. The third-order valence-electron chi connectivity index (χ3n) is 2.69. The molecule has 0 radical (unpaired) electrons. The van der Waals surface area contributed by atoms with Gasteiger partial charge in [-0.15, -0.1) is 0 Å². The van der Waals surface area contributed by atoms with E-state index in [2.05, 4.69) is 15.3 Å². The average Bonchev–Trinajstić information content (AvgIpc) is 2.47. The minimum absolute atomic E-state index is 0.00115. The number of benzene rings is 1. The lowest BCUT2D eigenvalue weighted by molar-refractivity contribution is 0.101. The van der Waals surface area contributed by atoms with Gasteiger partial charge in [0.25, 0.3) is 0 Å². The van der Waals surface area contributed by atoms with Gasteiger partial charge in [0.1, 0.15) is 18.0 Å². The second-order valence-electron chi connectivity index (χ2n) is 4.18. The van der Waals surface area contributed by atoms with Gasteiger partial charge in [0, 0.05) is 24.4 Å². The summed E-state index contributed by atoms with van der Waals surface area (Å²) in [6.07, 6.45) is 3.34. The van der Waals surface area contributed by atoms with Gasteiger partial charge in [-0.05, 0) is 19.1 Å². The molecule has 1 aromatic heterocycles. The molecule has 1 heterocycles. The monoisotopic (exact) mass is 267 g/mol. The predicted octanol–water partition coefficient (Wildman–Crippen LogP) is 2.34. The van der Waals surface area contributed by atoms with E-state index in [0.717, 1.165) is 5.69 Å². The fourth-order valence-corrected chi connectivity index (χ4v) is 1.61. The number of anilines is 3. The van der Waals surface area contributed by atoms with E-state index in [9.17, 15) is 4.79 Å². The Kier molecular flexibility index (Phi) is 3.91. The number of nitrogens with zero attached hydrogens (tertiary/aromatic N) is 4. The highest BCUT2D eigenvalue weighted by atomic mass is 16.1. The third kappa shape index (κ3) is 3.09. The lowest BCUT2D eigenvalue weighted by atomic mass is 10.1. The van der Waals surface area contributed by atoms with Gasteiger partial charge in [0.2, 0.25) is 0 Å². The van der Waals surface area contributed by atoms with Gasteiger partial charge in [-0.25, -0.2) is 9.97 Å². The van der Waals surface area contributed by atoms with Crippen molar-refractivity contribution in [3.8, 4) is 6.19 Å². The number of nitriles is 1. The molecule has 0 unspecified atom stereocenters. The number of ketones is 1. The van der Waals surface area contributed by atoms with Gasteiger partial charge in [-0.2, -0.15) is 5.26 Å². The molecule has 0 spiro atoms. The van der Waals surface area contributed by atoms with Gasteiger partial charge in [0.05, 0.1) is 0 Å². The van der Waals surface area contributed by atoms with Crippen molar-refractivity contribution in [3.63, 3.8) is 0 Å². The first-order valence-corrected chi connectivity index (χ1v) is 5.93. The molecule has 0 atom stereocenters. The number of rotatable bonds is 4. The van der Waals surface area contributed by atoms with Gasteiger partial charge < -0.3 is 5.32 Å². The molecular formula is C14H13N5O. The molecule has 0 saturated carbocycles. The maximum absolute atomic E-state index is 11.3. The molecule has 20 heavy (non-hydrogen) atoms. The summed E-state index contributed by atoms with van der Waals surface area (Å²) in [6, 6.07) is 8.79. The molecule has 0 bridgehead atoms. The fourth-order valence-electron chi connectivity index (χ4n) is 1.61. The zero-order valence-corrected chi connectivity index (χ0v) is 11.2. The highest BCUT2D eigenvalue weighted by Gasteiger charge is 2.05. The Bertz CT molecular complexity index is 677. The highest BCUT2D eigenvalue weighted by molar-refractivity contribution is 5.95. The first kappa shape index (κ1) is 13.5. The third-order valence-corrected chi connectivity index (χ3v) is 2.69. The van der Waals surface area contributed by atoms with Crippen LogP contribution in [0.15, 0.2) is 36.7 Å². The van der Waals surface area contributed by atoms with Crippen LogP contribution in [0, 0.1) is 11.5 Å². The van der Waals surface area contributed by atoms with Crippen molar-refractivity contribution < 1.29 is 4.79 Å². The number of Topliss-reactive ketones (excluding diaryl/α,β-unsaturated/α-hetero) is 1. The molecule has 100 valence electrons. The van der Waals surface area contributed by atoms with Crippen molar-refractivity contribution in [1.82, 2.24) is 9.97 Å². The van der Waals surface area contributed by atoms with Crippen molar-refractivity contribution in [2.24, 2.45) is 0 Å². The van der Waals surface area contributed by atoms with E-state index in [1.54, 1.807) is 31.3 Å². The maximum atomic E-state index is 11.3. The Morgan fingerprint density at radius 1 is 1.35 bits per heavy atom. The van der Waals surface area contributed by atoms with Crippen molar-refractivity contribution in [3.05, 3.63) is 42.2 Å². The van der Waals surface area contributed by atoms with Crippen molar-refractivity contribution in [1.29, 1.82) is 5.26 Å². The van der Waals surface area contributed by atoms with E-state index in [-0.39, 0.29) is 5.78 Å². The topological polar surface area (TPSA) is 81.9 Å². The van der Waals surface area contributed by atoms with Crippen LogP contribution in [0.1, 0.15) is 17.3 Å². The molecule has 1 aromatic carbocycles. The molecule has 0 aliphatic rings. The number of aromatic nitrogens is 2. The molecule has 0 saturated heterocycles. The van der Waals surface area contributed by atoms with Gasteiger partial charge in [-0.3, -0.25) is 9.69 Å². The van der Waals surface area contributed by atoms with Gasteiger partial charge in [-0.1, -0.05) is 12.1 Å². The van der Waals surface area contributed by atoms with Crippen LogP contribution in [0.5, 0.6) is 0 Å². The molecular weight excluding hydrogens is 254 g/mol. The van der Waals surface area contributed by atoms with E-state index in [0.29, 0.717) is 17.2 Å². The summed E-state index contributed by atoms with van der Waals surface area (Å²) in [5, 5.41) is 11.9. The van der Waals surface area contributed by atoms with Crippen LogP contribution in [-0.2, 0) is 0 Å². The maximum Gasteiger partial charge on any atom is 0.185 e. The zero-order valence-electron chi connectivity index (χ0n) is 11.2. The van der Waals surface area contributed by atoms with Crippen molar-refractivity contribution in [2.45, 2.75) is 6.92 Å². The van der Waals surface area contributed by atoms with Crippen LogP contribution >= 0.6 is 0 Å². The normalized spacial score (nSPS) is 9.65. The van der Waals surface area contributed by atoms with E-state index in [4.69, 9.17) is 5.26 Å². The predicted molar refractivity (Wildman–Crippen MR) is 75.8 cm³/mol. The Hall–Kier alpha value is -2.94. The Labute approximate surface area is 116 Å². The molecule has 0 fully saturated rings. The largest absolute Gasteiger partial charge is 0.340 e. The summed E-state index contributed by atoms with van der Waals surface area (Å²) in [7, 11) is 1.61. The number of carbonyl (C=O) groups is 1. The molecule has 2 rings (SSSR count).